The van der Waals surface area contributed by atoms with Gasteiger partial charge in [0.05, 0.1) is 25.4 Å². The Morgan fingerprint density at radius 3 is 1.37 bits per heavy atom. The highest BCUT2D eigenvalue weighted by atomic mass is 16.7. The van der Waals surface area contributed by atoms with E-state index in [0.717, 1.165) is 116 Å². The van der Waals surface area contributed by atoms with Gasteiger partial charge in [0.2, 0.25) is 5.91 Å². The van der Waals surface area contributed by atoms with Gasteiger partial charge in [0, 0.05) is 6.42 Å². The Morgan fingerprint density at radius 1 is 0.500 bits per heavy atom. The summed E-state index contributed by atoms with van der Waals surface area (Å²) in [6, 6.07) is -0.845. The molecule has 9 heteroatoms. The molecule has 7 unspecified atom stereocenters. The smallest absolute Gasteiger partial charge is 0.220 e. The second-order valence-electron chi connectivity index (χ2n) is 19.0. The number of aliphatic hydroxyl groups is 5. The fourth-order valence-electron chi connectivity index (χ4n) is 8.13. The number of amides is 1. The lowest BCUT2D eigenvalue weighted by Crippen LogP contribution is -2.60. The number of rotatable bonds is 46. The van der Waals surface area contributed by atoms with Gasteiger partial charge < -0.3 is 40.3 Å². The van der Waals surface area contributed by atoms with E-state index in [9.17, 15) is 30.3 Å². The molecule has 0 aromatic heterocycles. The summed E-state index contributed by atoms with van der Waals surface area (Å²) in [4.78, 5) is 13.0. The summed E-state index contributed by atoms with van der Waals surface area (Å²) in [5.74, 6) is -0.210. The molecule has 0 aromatic rings. The lowest BCUT2D eigenvalue weighted by molar-refractivity contribution is -0.302. The van der Waals surface area contributed by atoms with Gasteiger partial charge in [-0.25, -0.2) is 0 Å². The Kier molecular flexibility index (Phi) is 45.8. The zero-order valence-corrected chi connectivity index (χ0v) is 44.2. The van der Waals surface area contributed by atoms with Gasteiger partial charge in [-0.3, -0.25) is 4.79 Å². The predicted molar refractivity (Wildman–Crippen MR) is 294 cm³/mol. The van der Waals surface area contributed by atoms with Crippen LogP contribution in [0.4, 0.5) is 0 Å². The van der Waals surface area contributed by atoms with Crippen molar-refractivity contribution in [3.8, 4) is 0 Å². The third-order valence-corrected chi connectivity index (χ3v) is 12.6. The van der Waals surface area contributed by atoms with Crippen LogP contribution in [0.5, 0.6) is 0 Å². The summed E-state index contributed by atoms with van der Waals surface area (Å²) in [6.07, 6.45) is 65.7. The van der Waals surface area contributed by atoms with Crippen molar-refractivity contribution in [2.24, 2.45) is 0 Å². The second kappa shape index (κ2) is 49.4. The van der Waals surface area contributed by atoms with Gasteiger partial charge in [0.25, 0.3) is 0 Å². The molecule has 1 fully saturated rings. The van der Waals surface area contributed by atoms with Gasteiger partial charge in [0.15, 0.2) is 6.29 Å². The fourth-order valence-corrected chi connectivity index (χ4v) is 8.13. The van der Waals surface area contributed by atoms with E-state index in [4.69, 9.17) is 9.47 Å². The number of aliphatic hydroxyl groups excluding tert-OH is 5. The molecule has 0 aliphatic carbocycles. The largest absolute Gasteiger partial charge is 0.394 e. The first-order valence-corrected chi connectivity index (χ1v) is 28.1. The maximum absolute atomic E-state index is 13.0. The number of ether oxygens (including phenoxy) is 2. The number of allylic oxidation sites excluding steroid dienone is 17. The monoisotopic (exact) mass is 978 g/mol. The van der Waals surface area contributed by atoms with Crippen molar-refractivity contribution in [1.29, 1.82) is 0 Å². The average molecular weight is 978 g/mol. The Hall–Kier alpha value is -3.15. The molecule has 1 amide bonds. The molecule has 0 saturated carbocycles. The van der Waals surface area contributed by atoms with Crippen LogP contribution in [0.25, 0.3) is 0 Å². The maximum Gasteiger partial charge on any atom is 0.220 e. The fraction of sp³-hybridized carbons (Fsp3) is 0.689. The SMILES string of the molecule is CC/C=C\C/C=C\C/C=C\C/C=C\C/C=C\C/C=C\CCCCCCCCC(=O)NC(COC1OC(CO)C(O)C(O)C1O)C(O)/C=C/CC/C=C/CC/C=C/CCCCCCCCCCCCCC. The first-order chi connectivity index (χ1) is 34.3. The van der Waals surface area contributed by atoms with Gasteiger partial charge >= 0.3 is 0 Å². The summed E-state index contributed by atoms with van der Waals surface area (Å²) >= 11 is 0. The molecule has 70 heavy (non-hydrogen) atoms. The standard InChI is InChI=1S/C61H103NO8/c1-3-5-7-9-11-13-15-17-19-21-23-25-27-28-29-31-33-35-37-39-41-43-45-47-49-51-57(65)62-54(53-69-61-60(68)59(67)58(66)56(52-63)70-61)55(64)50-48-46-44-42-40-38-36-34-32-30-26-24-22-20-18-16-14-12-10-8-6-4-2/h5,7,11,13,17,19,23,25,28-29,32-35,40,42,48,50,54-56,58-61,63-64,66-68H,3-4,6,8-10,12,14-16,18,20-22,24,26-27,30-31,36-39,41,43-47,49,51-53H2,1-2H3,(H,62,65)/b7-5-,13-11-,19-17-,25-23-,29-28-,34-32+,35-33-,42-40+,50-48+. The molecule has 9 nitrogen and oxygen atoms in total. The quantitative estimate of drug-likeness (QED) is 0.0261. The van der Waals surface area contributed by atoms with E-state index in [1.54, 1.807) is 6.08 Å². The Balaban J connectivity index is 2.32. The molecule has 1 heterocycles. The second-order valence-corrected chi connectivity index (χ2v) is 19.0. The third kappa shape index (κ3) is 38.5. The summed E-state index contributed by atoms with van der Waals surface area (Å²) in [7, 11) is 0. The van der Waals surface area contributed by atoms with E-state index >= 15 is 0 Å². The van der Waals surface area contributed by atoms with Crippen LogP contribution >= 0.6 is 0 Å². The lowest BCUT2D eigenvalue weighted by Gasteiger charge is -2.40. The molecule has 400 valence electrons. The van der Waals surface area contributed by atoms with E-state index < -0.39 is 49.5 Å². The Morgan fingerprint density at radius 2 is 0.900 bits per heavy atom. The number of unbranched alkanes of at least 4 members (excludes halogenated alkanes) is 20. The first kappa shape index (κ1) is 64.9. The van der Waals surface area contributed by atoms with E-state index in [0.29, 0.717) is 6.42 Å². The van der Waals surface area contributed by atoms with Gasteiger partial charge in [-0.05, 0) is 96.3 Å². The highest BCUT2D eigenvalue weighted by Crippen LogP contribution is 2.23. The molecule has 0 bridgehead atoms. The average Bonchev–Trinajstić information content (AvgIpc) is 3.36. The van der Waals surface area contributed by atoms with Crippen molar-refractivity contribution in [1.82, 2.24) is 5.32 Å². The van der Waals surface area contributed by atoms with Crippen molar-refractivity contribution in [3.05, 3.63) is 109 Å². The van der Waals surface area contributed by atoms with Crippen LogP contribution in [0.3, 0.4) is 0 Å². The minimum absolute atomic E-state index is 0.210. The van der Waals surface area contributed by atoms with Crippen molar-refractivity contribution in [2.45, 2.75) is 256 Å². The minimum atomic E-state index is -1.58. The molecule has 6 N–H and O–H groups in total. The summed E-state index contributed by atoms with van der Waals surface area (Å²) in [6.45, 7) is 3.63. The number of hydrogen-bond donors (Lipinski definition) is 6. The molecule has 1 aliphatic rings. The summed E-state index contributed by atoms with van der Waals surface area (Å²) in [5.41, 5.74) is 0. The number of carbonyl (C=O) groups excluding carboxylic acids is 1. The van der Waals surface area contributed by atoms with E-state index in [1.807, 2.05) is 6.08 Å². The highest BCUT2D eigenvalue weighted by molar-refractivity contribution is 5.76. The van der Waals surface area contributed by atoms with Crippen LogP contribution in [0.1, 0.15) is 213 Å². The van der Waals surface area contributed by atoms with Gasteiger partial charge in [-0.15, -0.1) is 0 Å². The number of carbonyl (C=O) groups is 1. The normalized spacial score (nSPS) is 20.2. The van der Waals surface area contributed by atoms with E-state index in [2.05, 4.69) is 116 Å². The zero-order chi connectivity index (χ0) is 50.8. The van der Waals surface area contributed by atoms with Crippen molar-refractivity contribution in [2.75, 3.05) is 13.2 Å². The summed E-state index contributed by atoms with van der Waals surface area (Å²) in [5, 5.41) is 54.5. The predicted octanol–water partition coefficient (Wildman–Crippen LogP) is 13.8. The minimum Gasteiger partial charge on any atom is -0.394 e. The van der Waals surface area contributed by atoms with E-state index in [1.165, 1.54) is 77.0 Å². The number of hydrogen-bond acceptors (Lipinski definition) is 8. The van der Waals surface area contributed by atoms with Gasteiger partial charge in [0.1, 0.15) is 24.4 Å². The Labute approximate surface area is 427 Å². The van der Waals surface area contributed by atoms with Gasteiger partial charge in [-0.2, -0.15) is 0 Å². The molecule has 1 saturated heterocycles. The topological polar surface area (TPSA) is 149 Å². The van der Waals surface area contributed by atoms with Crippen molar-refractivity contribution >= 4 is 5.91 Å². The summed E-state index contributed by atoms with van der Waals surface area (Å²) < 4.78 is 11.2. The third-order valence-electron chi connectivity index (χ3n) is 12.6. The number of nitrogens with one attached hydrogen (secondary N) is 1. The lowest BCUT2D eigenvalue weighted by atomic mass is 9.99. The van der Waals surface area contributed by atoms with E-state index in [-0.39, 0.29) is 12.5 Å². The Bertz CT molecular complexity index is 1460. The first-order valence-electron chi connectivity index (χ1n) is 28.1. The molecule has 1 aliphatic heterocycles. The maximum atomic E-state index is 13.0. The van der Waals surface area contributed by atoms with Crippen LogP contribution in [0.2, 0.25) is 0 Å². The van der Waals surface area contributed by atoms with Crippen molar-refractivity contribution in [3.63, 3.8) is 0 Å². The molecular weight excluding hydrogens is 875 g/mol. The van der Waals surface area contributed by atoms with Crippen LogP contribution in [0, 0.1) is 0 Å². The highest BCUT2D eigenvalue weighted by Gasteiger charge is 2.44. The molecule has 0 radical (unpaired) electrons. The molecule has 0 aromatic carbocycles. The van der Waals surface area contributed by atoms with Crippen LogP contribution in [-0.4, -0.2) is 87.5 Å². The van der Waals surface area contributed by atoms with Crippen LogP contribution < -0.4 is 5.32 Å². The molecule has 0 spiro atoms. The van der Waals surface area contributed by atoms with Crippen LogP contribution in [-0.2, 0) is 14.3 Å². The van der Waals surface area contributed by atoms with Gasteiger partial charge in [-0.1, -0.05) is 220 Å². The molecular formula is C61H103NO8. The molecule has 7 atom stereocenters. The van der Waals surface area contributed by atoms with Crippen molar-refractivity contribution < 1.29 is 39.8 Å². The molecule has 1 rings (SSSR count). The van der Waals surface area contributed by atoms with Crippen LogP contribution in [0.15, 0.2) is 109 Å². The zero-order valence-electron chi connectivity index (χ0n) is 44.2.